The highest BCUT2D eigenvalue weighted by Crippen LogP contribution is 2.27. The van der Waals surface area contributed by atoms with Crippen molar-refractivity contribution in [1.29, 1.82) is 0 Å². The van der Waals surface area contributed by atoms with Gasteiger partial charge in [0, 0.05) is 0 Å². The molecular formula is C13H13ClO. The lowest BCUT2D eigenvalue weighted by molar-refractivity contribution is 0.824. The third-order valence-corrected chi connectivity index (χ3v) is 2.69. The number of benzene rings is 2. The van der Waals surface area contributed by atoms with E-state index in [0.29, 0.717) is 0 Å². The van der Waals surface area contributed by atoms with E-state index in [-0.39, 0.29) is 10.9 Å². The first-order chi connectivity index (χ1) is 6.88. The van der Waals surface area contributed by atoms with E-state index in [2.05, 4.69) is 0 Å². The summed E-state index contributed by atoms with van der Waals surface area (Å²) >= 11 is 6.33. The Morgan fingerprint density at radius 3 is 1.33 bits per heavy atom. The van der Waals surface area contributed by atoms with Gasteiger partial charge in [0.15, 0.2) is 0 Å². The van der Waals surface area contributed by atoms with Crippen LogP contribution in [0.5, 0.6) is 0 Å². The Balaban J connectivity index is 0.00000112. The van der Waals surface area contributed by atoms with Gasteiger partial charge in [-0.1, -0.05) is 60.7 Å². The lowest BCUT2D eigenvalue weighted by Gasteiger charge is -2.09. The molecule has 0 bridgehead atoms. The lowest BCUT2D eigenvalue weighted by Crippen LogP contribution is -1.91. The van der Waals surface area contributed by atoms with Crippen LogP contribution in [0.25, 0.3) is 0 Å². The van der Waals surface area contributed by atoms with Gasteiger partial charge in [0.2, 0.25) is 0 Å². The number of rotatable bonds is 2. The zero-order valence-electron chi connectivity index (χ0n) is 8.23. The quantitative estimate of drug-likeness (QED) is 0.697. The summed E-state index contributed by atoms with van der Waals surface area (Å²) in [6, 6.07) is 20.2. The number of halogens is 1. The second kappa shape index (κ2) is 5.54. The summed E-state index contributed by atoms with van der Waals surface area (Å²) in [5.41, 5.74) is 2.28. The first kappa shape index (κ1) is 11.8. The Morgan fingerprint density at radius 2 is 1.00 bits per heavy atom. The maximum Gasteiger partial charge on any atom is 0.0835 e. The van der Waals surface area contributed by atoms with Crippen LogP contribution in [0.15, 0.2) is 60.7 Å². The molecule has 2 rings (SSSR count). The first-order valence-corrected chi connectivity index (χ1v) is 5.05. The van der Waals surface area contributed by atoms with E-state index in [1.807, 2.05) is 60.7 Å². The summed E-state index contributed by atoms with van der Waals surface area (Å²) in [7, 11) is 0. The maximum atomic E-state index is 6.33. The second-order valence-corrected chi connectivity index (χ2v) is 3.62. The second-order valence-electron chi connectivity index (χ2n) is 3.18. The molecule has 2 N–H and O–H groups in total. The molecule has 15 heavy (non-hydrogen) atoms. The van der Waals surface area contributed by atoms with Gasteiger partial charge >= 0.3 is 0 Å². The molecule has 78 valence electrons. The van der Waals surface area contributed by atoms with Gasteiger partial charge < -0.3 is 5.48 Å². The third kappa shape index (κ3) is 2.82. The van der Waals surface area contributed by atoms with Crippen molar-refractivity contribution in [1.82, 2.24) is 0 Å². The molecule has 0 heterocycles. The van der Waals surface area contributed by atoms with Gasteiger partial charge in [-0.15, -0.1) is 11.6 Å². The number of alkyl halides is 1. The van der Waals surface area contributed by atoms with E-state index in [1.54, 1.807) is 0 Å². The van der Waals surface area contributed by atoms with E-state index >= 15 is 0 Å². The molecule has 0 fully saturated rings. The predicted octanol–water partition coefficient (Wildman–Crippen LogP) is 3.19. The van der Waals surface area contributed by atoms with E-state index in [9.17, 15) is 0 Å². The lowest BCUT2D eigenvalue weighted by atomic mass is 10.0. The van der Waals surface area contributed by atoms with Crippen LogP contribution in [0, 0.1) is 0 Å². The van der Waals surface area contributed by atoms with Gasteiger partial charge in [0.05, 0.1) is 5.38 Å². The molecule has 0 aromatic heterocycles. The summed E-state index contributed by atoms with van der Waals surface area (Å²) in [5, 5.41) is -0.0441. The molecule has 0 aliphatic rings. The number of hydrogen-bond acceptors (Lipinski definition) is 0. The molecule has 0 atom stereocenters. The van der Waals surface area contributed by atoms with Crippen molar-refractivity contribution >= 4 is 11.6 Å². The normalized spacial score (nSPS) is 9.73. The van der Waals surface area contributed by atoms with Gasteiger partial charge in [-0.25, -0.2) is 0 Å². The molecular weight excluding hydrogens is 208 g/mol. The van der Waals surface area contributed by atoms with Gasteiger partial charge in [-0.3, -0.25) is 0 Å². The molecule has 2 heteroatoms. The van der Waals surface area contributed by atoms with Crippen molar-refractivity contribution in [2.24, 2.45) is 0 Å². The van der Waals surface area contributed by atoms with E-state index in [1.165, 1.54) is 0 Å². The van der Waals surface area contributed by atoms with Crippen LogP contribution in [0.1, 0.15) is 16.5 Å². The fourth-order valence-corrected chi connectivity index (χ4v) is 1.73. The standard InChI is InChI=1S/C13H11Cl.H2O/c14-13(11-7-3-1-4-8-11)12-9-5-2-6-10-12;/h1-10,13H;1H2. The van der Waals surface area contributed by atoms with Crippen LogP contribution >= 0.6 is 11.6 Å². The maximum absolute atomic E-state index is 6.33. The van der Waals surface area contributed by atoms with Crippen LogP contribution in [0.2, 0.25) is 0 Å². The van der Waals surface area contributed by atoms with Crippen LogP contribution in [-0.4, -0.2) is 5.48 Å². The highest BCUT2D eigenvalue weighted by molar-refractivity contribution is 6.22. The van der Waals surface area contributed by atoms with Gasteiger partial charge in [0.1, 0.15) is 0 Å². The monoisotopic (exact) mass is 220 g/mol. The molecule has 0 unspecified atom stereocenters. The summed E-state index contributed by atoms with van der Waals surface area (Å²) in [6.07, 6.45) is 0. The summed E-state index contributed by atoms with van der Waals surface area (Å²) < 4.78 is 0. The Labute approximate surface area is 94.6 Å². The predicted molar refractivity (Wildman–Crippen MR) is 64.2 cm³/mol. The van der Waals surface area contributed by atoms with Crippen LogP contribution in [0.3, 0.4) is 0 Å². The minimum atomic E-state index is -0.0441. The molecule has 0 saturated heterocycles. The largest absolute Gasteiger partial charge is 0.412 e. The fourth-order valence-electron chi connectivity index (χ4n) is 1.44. The highest BCUT2D eigenvalue weighted by atomic mass is 35.5. The fraction of sp³-hybridized carbons (Fsp3) is 0.0769. The van der Waals surface area contributed by atoms with E-state index < -0.39 is 0 Å². The smallest absolute Gasteiger partial charge is 0.0835 e. The zero-order chi connectivity index (χ0) is 9.80. The molecule has 0 spiro atoms. The van der Waals surface area contributed by atoms with E-state index in [4.69, 9.17) is 11.6 Å². The van der Waals surface area contributed by atoms with Crippen molar-refractivity contribution in [3.05, 3.63) is 71.8 Å². The molecule has 1 nitrogen and oxygen atoms in total. The van der Waals surface area contributed by atoms with Crippen molar-refractivity contribution in [3.63, 3.8) is 0 Å². The molecule has 0 aliphatic carbocycles. The molecule has 0 aliphatic heterocycles. The van der Waals surface area contributed by atoms with Crippen LogP contribution in [-0.2, 0) is 0 Å². The topological polar surface area (TPSA) is 31.5 Å². The molecule has 2 aromatic carbocycles. The SMILES string of the molecule is ClC(c1ccccc1)c1ccccc1.O. The Morgan fingerprint density at radius 1 is 0.667 bits per heavy atom. The molecule has 0 radical (unpaired) electrons. The molecule has 0 amide bonds. The Kier molecular flexibility index (Phi) is 4.35. The zero-order valence-corrected chi connectivity index (χ0v) is 8.98. The van der Waals surface area contributed by atoms with Crippen molar-refractivity contribution in [2.75, 3.05) is 0 Å². The third-order valence-electron chi connectivity index (χ3n) is 2.18. The summed E-state index contributed by atoms with van der Waals surface area (Å²) in [6.45, 7) is 0. The van der Waals surface area contributed by atoms with Crippen molar-refractivity contribution < 1.29 is 5.48 Å². The van der Waals surface area contributed by atoms with Gasteiger partial charge in [-0.2, -0.15) is 0 Å². The van der Waals surface area contributed by atoms with Crippen LogP contribution < -0.4 is 0 Å². The highest BCUT2D eigenvalue weighted by Gasteiger charge is 2.08. The Bertz CT molecular complexity index is 346. The van der Waals surface area contributed by atoms with E-state index in [0.717, 1.165) is 11.1 Å². The summed E-state index contributed by atoms with van der Waals surface area (Å²) in [4.78, 5) is 0. The van der Waals surface area contributed by atoms with Crippen molar-refractivity contribution in [3.8, 4) is 0 Å². The molecule has 0 saturated carbocycles. The van der Waals surface area contributed by atoms with Gasteiger partial charge in [0.25, 0.3) is 0 Å². The molecule has 2 aromatic rings. The minimum absolute atomic E-state index is 0. The number of hydrogen-bond donors (Lipinski definition) is 0. The first-order valence-electron chi connectivity index (χ1n) is 4.62. The average molecular weight is 221 g/mol. The Hall–Kier alpha value is -1.31. The van der Waals surface area contributed by atoms with Crippen molar-refractivity contribution in [2.45, 2.75) is 5.38 Å². The van der Waals surface area contributed by atoms with Gasteiger partial charge in [-0.05, 0) is 11.1 Å². The minimum Gasteiger partial charge on any atom is -0.412 e. The summed E-state index contributed by atoms with van der Waals surface area (Å²) in [5.74, 6) is 0. The van der Waals surface area contributed by atoms with Crippen LogP contribution in [0.4, 0.5) is 0 Å². The average Bonchev–Trinajstić information content (AvgIpc) is 2.30.